The summed E-state index contributed by atoms with van der Waals surface area (Å²) in [7, 11) is 1.18. The first kappa shape index (κ1) is 11.9. The molecule has 0 radical (unpaired) electrons. The van der Waals surface area contributed by atoms with E-state index in [-0.39, 0.29) is 0 Å². The second-order valence-electron chi connectivity index (χ2n) is 2.82. The number of hydrogen-bond donors (Lipinski definition) is 1. The van der Waals surface area contributed by atoms with E-state index in [0.717, 1.165) is 0 Å². The Morgan fingerprint density at radius 3 is 2.40 bits per heavy atom. The molecule has 1 N–H and O–H groups in total. The maximum absolute atomic E-state index is 13.1. The predicted molar refractivity (Wildman–Crippen MR) is 43.1 cm³/mol. The van der Waals surface area contributed by atoms with Gasteiger partial charge in [0.25, 0.3) is 0 Å². The van der Waals surface area contributed by atoms with E-state index in [4.69, 9.17) is 5.11 Å². The first-order chi connectivity index (χ1) is 6.99. The lowest BCUT2D eigenvalue weighted by Gasteiger charge is -2.09. The van der Waals surface area contributed by atoms with Crippen LogP contribution in [-0.2, 0) is 11.3 Å². The van der Waals surface area contributed by atoms with Crippen LogP contribution in [0.15, 0.2) is 6.07 Å². The normalized spacial score (nSPS) is 12.9. The summed E-state index contributed by atoms with van der Waals surface area (Å²) in [5, 5.41) is 8.40. The lowest BCUT2D eigenvalue weighted by atomic mass is 10.1. The molecule has 0 amide bonds. The molecule has 0 heterocycles. The van der Waals surface area contributed by atoms with Crippen LogP contribution < -0.4 is 0 Å². The highest BCUT2D eigenvalue weighted by molar-refractivity contribution is 5.28. The van der Waals surface area contributed by atoms with Gasteiger partial charge in [0.2, 0.25) is 6.36 Å². The molecule has 0 spiro atoms. The second kappa shape index (κ2) is 4.59. The van der Waals surface area contributed by atoms with Crippen molar-refractivity contribution in [3.8, 4) is 0 Å². The fourth-order valence-corrected chi connectivity index (χ4v) is 1.10. The molecule has 1 rings (SSSR count). The molecule has 2 nitrogen and oxygen atoms in total. The average molecular weight is 224 g/mol. The van der Waals surface area contributed by atoms with Crippen molar-refractivity contribution in [3.05, 3.63) is 34.6 Å². The van der Waals surface area contributed by atoms with Crippen LogP contribution in [0.5, 0.6) is 0 Å². The number of aliphatic hydroxyl groups is 1. The van der Waals surface area contributed by atoms with Crippen molar-refractivity contribution in [2.75, 3.05) is 7.11 Å². The zero-order valence-electron chi connectivity index (χ0n) is 7.73. The Labute approximate surface area is 83.1 Å². The van der Waals surface area contributed by atoms with Crippen molar-refractivity contribution in [3.63, 3.8) is 0 Å². The van der Waals surface area contributed by atoms with Gasteiger partial charge in [-0.25, -0.2) is 17.6 Å². The minimum absolute atomic E-state index is 0.400. The molecule has 1 aromatic carbocycles. The summed E-state index contributed by atoms with van der Waals surface area (Å²) in [6.45, 7) is -0.475. The van der Waals surface area contributed by atoms with E-state index in [2.05, 4.69) is 4.74 Å². The molecule has 0 aliphatic carbocycles. The molecule has 0 fully saturated rings. The van der Waals surface area contributed by atoms with Gasteiger partial charge in [0.1, 0.15) is 5.82 Å². The van der Waals surface area contributed by atoms with Crippen LogP contribution in [0.4, 0.5) is 17.6 Å². The molecule has 1 aromatic rings. The molecule has 0 aliphatic heterocycles. The molecular weight excluding hydrogens is 216 g/mol. The van der Waals surface area contributed by atoms with Crippen molar-refractivity contribution >= 4 is 0 Å². The van der Waals surface area contributed by atoms with Gasteiger partial charge in [-0.2, -0.15) is 0 Å². The second-order valence-corrected chi connectivity index (χ2v) is 2.82. The van der Waals surface area contributed by atoms with Crippen LogP contribution in [0.25, 0.3) is 0 Å². The topological polar surface area (TPSA) is 29.5 Å². The van der Waals surface area contributed by atoms with E-state index in [9.17, 15) is 17.6 Å². The van der Waals surface area contributed by atoms with Gasteiger partial charge < -0.3 is 9.84 Å². The highest BCUT2D eigenvalue weighted by Gasteiger charge is 2.22. The number of ether oxygens (including phenoxy) is 1. The highest BCUT2D eigenvalue weighted by atomic mass is 19.2. The van der Waals surface area contributed by atoms with Gasteiger partial charge in [-0.05, 0) is 6.07 Å². The van der Waals surface area contributed by atoms with E-state index in [1.165, 1.54) is 7.11 Å². The first-order valence-corrected chi connectivity index (χ1v) is 3.96. The van der Waals surface area contributed by atoms with Gasteiger partial charge in [-0.15, -0.1) is 0 Å². The minimum Gasteiger partial charge on any atom is -0.380 e. The van der Waals surface area contributed by atoms with Crippen LogP contribution in [0.2, 0.25) is 0 Å². The largest absolute Gasteiger partial charge is 0.380 e. The minimum atomic E-state index is -2.76. The van der Waals surface area contributed by atoms with Crippen molar-refractivity contribution < 1.29 is 27.4 Å². The van der Waals surface area contributed by atoms with Crippen LogP contribution >= 0.6 is 0 Å². The molecule has 84 valence electrons. The van der Waals surface area contributed by atoms with E-state index in [1.807, 2.05) is 0 Å². The number of halogens is 4. The zero-order chi connectivity index (χ0) is 11.6. The van der Waals surface area contributed by atoms with Gasteiger partial charge in [-0.3, -0.25) is 0 Å². The van der Waals surface area contributed by atoms with Crippen molar-refractivity contribution in [2.24, 2.45) is 0 Å². The monoisotopic (exact) mass is 224 g/mol. The summed E-state index contributed by atoms with van der Waals surface area (Å²) in [4.78, 5) is 0. The Bertz CT molecular complexity index is 366. The number of alkyl halides is 1. The summed E-state index contributed by atoms with van der Waals surface area (Å²) < 4.78 is 56.0. The van der Waals surface area contributed by atoms with E-state index in [0.29, 0.717) is 6.07 Å². The van der Waals surface area contributed by atoms with Crippen LogP contribution in [0, 0.1) is 17.5 Å². The molecule has 0 bridgehead atoms. The number of hydrogen-bond acceptors (Lipinski definition) is 2. The van der Waals surface area contributed by atoms with Crippen LogP contribution in [0.1, 0.15) is 17.5 Å². The molecule has 0 saturated carbocycles. The van der Waals surface area contributed by atoms with Crippen molar-refractivity contribution in [1.82, 2.24) is 0 Å². The maximum Gasteiger partial charge on any atom is 0.225 e. The fraction of sp³-hybridized carbons (Fsp3) is 0.333. The third-order valence-electron chi connectivity index (χ3n) is 1.83. The van der Waals surface area contributed by atoms with Gasteiger partial charge in [0, 0.05) is 7.11 Å². The van der Waals surface area contributed by atoms with Gasteiger partial charge in [-0.1, -0.05) is 0 Å². The third kappa shape index (κ3) is 2.27. The molecule has 0 aliphatic rings. The van der Waals surface area contributed by atoms with E-state index < -0.39 is 41.5 Å². The van der Waals surface area contributed by atoms with Crippen LogP contribution in [-0.4, -0.2) is 12.2 Å². The molecule has 6 heteroatoms. The average Bonchev–Trinajstić information content (AvgIpc) is 2.18. The van der Waals surface area contributed by atoms with Gasteiger partial charge in [0.05, 0.1) is 17.7 Å². The smallest absolute Gasteiger partial charge is 0.225 e. The highest BCUT2D eigenvalue weighted by Crippen LogP contribution is 2.25. The number of rotatable bonds is 3. The summed E-state index contributed by atoms with van der Waals surface area (Å²) in [5.41, 5.74) is -1.70. The Hall–Kier alpha value is -1.14. The molecular formula is C9H8F4O2. The lowest BCUT2D eigenvalue weighted by Crippen LogP contribution is -2.06. The molecule has 0 aromatic heterocycles. The lowest BCUT2D eigenvalue weighted by molar-refractivity contribution is 0.0366. The Morgan fingerprint density at radius 2 is 1.93 bits per heavy atom. The molecule has 1 unspecified atom stereocenters. The van der Waals surface area contributed by atoms with Crippen molar-refractivity contribution in [2.45, 2.75) is 13.0 Å². The zero-order valence-corrected chi connectivity index (χ0v) is 7.73. The Balaban J connectivity index is 3.31. The molecule has 15 heavy (non-hydrogen) atoms. The SMILES string of the molecule is COCc1c(F)cc(C(O)F)c(F)c1F. The number of benzene rings is 1. The fourth-order valence-electron chi connectivity index (χ4n) is 1.10. The van der Waals surface area contributed by atoms with E-state index >= 15 is 0 Å². The Morgan fingerprint density at radius 1 is 1.33 bits per heavy atom. The predicted octanol–water partition coefficient (Wildman–Crippen LogP) is 2.21. The first-order valence-electron chi connectivity index (χ1n) is 3.96. The maximum atomic E-state index is 13.1. The number of aliphatic hydroxyl groups excluding tert-OH is 1. The van der Waals surface area contributed by atoms with Crippen LogP contribution in [0.3, 0.4) is 0 Å². The standard InChI is InChI=1S/C9H8F4O2/c1-15-3-5-6(10)2-4(9(13)14)7(11)8(5)12/h2,9,14H,3H2,1H3. The molecule has 1 atom stereocenters. The Kier molecular flexibility index (Phi) is 3.65. The summed E-state index contributed by atoms with van der Waals surface area (Å²) in [6.07, 6.45) is -2.76. The van der Waals surface area contributed by atoms with Crippen molar-refractivity contribution in [1.29, 1.82) is 0 Å². The third-order valence-corrected chi connectivity index (χ3v) is 1.83. The summed E-state index contributed by atoms with van der Waals surface area (Å²) >= 11 is 0. The van der Waals surface area contributed by atoms with E-state index in [1.54, 1.807) is 0 Å². The van der Waals surface area contributed by atoms with Gasteiger partial charge >= 0.3 is 0 Å². The number of methoxy groups -OCH3 is 1. The quantitative estimate of drug-likeness (QED) is 0.630. The summed E-state index contributed by atoms with van der Waals surface area (Å²) in [5.74, 6) is -4.33. The summed E-state index contributed by atoms with van der Waals surface area (Å²) in [6, 6.07) is 0.400. The molecule has 0 saturated heterocycles. The van der Waals surface area contributed by atoms with Gasteiger partial charge in [0.15, 0.2) is 11.6 Å².